The molecule has 1 aliphatic heterocycles. The third-order valence-corrected chi connectivity index (χ3v) is 4.26. The van der Waals surface area contributed by atoms with E-state index in [4.69, 9.17) is 4.52 Å². The standard InChI is InChI=1S/C17H21N3O2/c1-12-8-20(9-14-6-4-3-5-7-14)10-15(12)17(21)18-16-13(2)11-22-19-16/h3-7,11-12,15H,8-10H2,1-2H3,(H,18,19,21)/t12-,15-/m1/s1. The topological polar surface area (TPSA) is 58.4 Å². The summed E-state index contributed by atoms with van der Waals surface area (Å²) in [6.45, 7) is 6.60. The van der Waals surface area contributed by atoms with Crippen LogP contribution in [0.1, 0.15) is 18.1 Å². The second-order valence-corrected chi connectivity index (χ2v) is 6.10. The molecule has 0 radical (unpaired) electrons. The van der Waals surface area contributed by atoms with Gasteiger partial charge in [-0.1, -0.05) is 42.4 Å². The molecule has 3 rings (SSSR count). The Morgan fingerprint density at radius 1 is 1.36 bits per heavy atom. The molecule has 5 nitrogen and oxygen atoms in total. The Bertz CT molecular complexity index is 638. The van der Waals surface area contributed by atoms with Gasteiger partial charge < -0.3 is 9.84 Å². The van der Waals surface area contributed by atoms with Crippen molar-refractivity contribution in [2.45, 2.75) is 20.4 Å². The zero-order valence-electron chi connectivity index (χ0n) is 13.0. The molecular weight excluding hydrogens is 278 g/mol. The fraction of sp³-hybridized carbons (Fsp3) is 0.412. The Labute approximate surface area is 130 Å². The van der Waals surface area contributed by atoms with E-state index < -0.39 is 0 Å². The third kappa shape index (κ3) is 3.20. The van der Waals surface area contributed by atoms with Crippen LogP contribution in [0.25, 0.3) is 0 Å². The minimum absolute atomic E-state index is 0.0141. The third-order valence-electron chi connectivity index (χ3n) is 4.26. The molecule has 1 aromatic heterocycles. The van der Waals surface area contributed by atoms with Crippen molar-refractivity contribution in [3.05, 3.63) is 47.7 Å². The van der Waals surface area contributed by atoms with E-state index in [1.54, 1.807) is 0 Å². The molecular formula is C17H21N3O2. The summed E-state index contributed by atoms with van der Waals surface area (Å²) in [5.74, 6) is 0.870. The van der Waals surface area contributed by atoms with Gasteiger partial charge in [0.2, 0.25) is 5.91 Å². The second-order valence-electron chi connectivity index (χ2n) is 6.10. The van der Waals surface area contributed by atoms with Crippen LogP contribution in [0.5, 0.6) is 0 Å². The zero-order chi connectivity index (χ0) is 15.5. The summed E-state index contributed by atoms with van der Waals surface area (Å²) in [6.07, 6.45) is 1.54. The molecule has 0 aliphatic carbocycles. The number of likely N-dealkylation sites (tertiary alicyclic amines) is 1. The maximum absolute atomic E-state index is 12.5. The SMILES string of the molecule is Cc1conc1NC(=O)[C@@H]1CN(Cc2ccccc2)C[C@H]1C. The smallest absolute Gasteiger partial charge is 0.230 e. The van der Waals surface area contributed by atoms with E-state index in [0.29, 0.717) is 11.7 Å². The maximum atomic E-state index is 12.5. The van der Waals surface area contributed by atoms with Crippen LogP contribution in [0.15, 0.2) is 41.1 Å². The molecule has 1 N–H and O–H groups in total. The molecule has 2 aromatic rings. The molecule has 0 saturated carbocycles. The summed E-state index contributed by atoms with van der Waals surface area (Å²) in [4.78, 5) is 14.8. The van der Waals surface area contributed by atoms with Crippen molar-refractivity contribution >= 4 is 11.7 Å². The number of rotatable bonds is 4. The van der Waals surface area contributed by atoms with Gasteiger partial charge >= 0.3 is 0 Å². The van der Waals surface area contributed by atoms with Crippen LogP contribution in [-0.2, 0) is 11.3 Å². The van der Waals surface area contributed by atoms with Crippen LogP contribution in [0.4, 0.5) is 5.82 Å². The lowest BCUT2D eigenvalue weighted by Gasteiger charge is -2.15. The molecule has 1 fully saturated rings. The number of carbonyl (C=O) groups is 1. The largest absolute Gasteiger partial charge is 0.362 e. The van der Waals surface area contributed by atoms with Gasteiger partial charge in [0.1, 0.15) is 6.26 Å². The number of hydrogen-bond acceptors (Lipinski definition) is 4. The van der Waals surface area contributed by atoms with E-state index in [9.17, 15) is 4.79 Å². The number of amides is 1. The molecule has 0 unspecified atom stereocenters. The first kappa shape index (κ1) is 14.8. The van der Waals surface area contributed by atoms with Gasteiger partial charge in [0, 0.05) is 25.2 Å². The highest BCUT2D eigenvalue weighted by Crippen LogP contribution is 2.26. The number of anilines is 1. The van der Waals surface area contributed by atoms with Gasteiger partial charge in [-0.15, -0.1) is 0 Å². The number of aryl methyl sites for hydroxylation is 1. The van der Waals surface area contributed by atoms with Crippen LogP contribution < -0.4 is 5.32 Å². The minimum atomic E-state index is -0.0141. The second kappa shape index (κ2) is 6.32. The minimum Gasteiger partial charge on any atom is -0.362 e. The predicted octanol–water partition coefficient (Wildman–Crippen LogP) is 2.69. The molecule has 1 aromatic carbocycles. The highest BCUT2D eigenvalue weighted by atomic mass is 16.5. The molecule has 22 heavy (non-hydrogen) atoms. The van der Waals surface area contributed by atoms with Gasteiger partial charge in [-0.05, 0) is 18.4 Å². The normalized spacial score (nSPS) is 21.9. The summed E-state index contributed by atoms with van der Waals surface area (Å²) < 4.78 is 4.86. The van der Waals surface area contributed by atoms with Crippen molar-refractivity contribution in [1.29, 1.82) is 0 Å². The first-order valence-electron chi connectivity index (χ1n) is 7.61. The highest BCUT2D eigenvalue weighted by molar-refractivity contribution is 5.92. The Morgan fingerprint density at radius 3 is 2.82 bits per heavy atom. The molecule has 1 saturated heterocycles. The number of nitrogens with one attached hydrogen (secondary N) is 1. The van der Waals surface area contributed by atoms with E-state index in [-0.39, 0.29) is 11.8 Å². The van der Waals surface area contributed by atoms with Gasteiger partial charge in [-0.25, -0.2) is 0 Å². The van der Waals surface area contributed by atoms with Crippen molar-refractivity contribution in [1.82, 2.24) is 10.1 Å². The van der Waals surface area contributed by atoms with Crippen molar-refractivity contribution in [2.24, 2.45) is 11.8 Å². The Balaban J connectivity index is 1.61. The number of aromatic nitrogens is 1. The van der Waals surface area contributed by atoms with Crippen LogP contribution in [0, 0.1) is 18.8 Å². The lowest BCUT2D eigenvalue weighted by atomic mass is 9.97. The number of carbonyl (C=O) groups excluding carboxylic acids is 1. The molecule has 116 valence electrons. The molecule has 1 amide bonds. The van der Waals surface area contributed by atoms with E-state index in [2.05, 4.69) is 34.4 Å². The fourth-order valence-corrected chi connectivity index (χ4v) is 3.00. The van der Waals surface area contributed by atoms with Gasteiger partial charge in [-0.3, -0.25) is 9.69 Å². The van der Waals surface area contributed by atoms with E-state index in [1.165, 1.54) is 11.8 Å². The molecule has 0 bridgehead atoms. The van der Waals surface area contributed by atoms with Gasteiger partial charge in [0.05, 0.1) is 5.92 Å². The number of hydrogen-bond donors (Lipinski definition) is 1. The molecule has 5 heteroatoms. The van der Waals surface area contributed by atoms with Crippen molar-refractivity contribution in [3.63, 3.8) is 0 Å². The summed E-state index contributed by atoms with van der Waals surface area (Å²) in [6, 6.07) is 10.4. The summed E-state index contributed by atoms with van der Waals surface area (Å²) in [5.41, 5.74) is 2.13. The van der Waals surface area contributed by atoms with E-state index >= 15 is 0 Å². The van der Waals surface area contributed by atoms with Gasteiger partial charge in [0.15, 0.2) is 5.82 Å². The Kier molecular flexibility index (Phi) is 4.24. The zero-order valence-corrected chi connectivity index (χ0v) is 13.0. The van der Waals surface area contributed by atoms with Crippen molar-refractivity contribution in [3.8, 4) is 0 Å². The molecule has 0 spiro atoms. The monoisotopic (exact) mass is 299 g/mol. The molecule has 2 heterocycles. The lowest BCUT2D eigenvalue weighted by Crippen LogP contribution is -2.29. The van der Waals surface area contributed by atoms with Crippen molar-refractivity contribution in [2.75, 3.05) is 18.4 Å². The average Bonchev–Trinajstić information content (AvgIpc) is 3.06. The lowest BCUT2D eigenvalue weighted by molar-refractivity contribution is -0.120. The Morgan fingerprint density at radius 2 is 2.14 bits per heavy atom. The summed E-state index contributed by atoms with van der Waals surface area (Å²) in [5, 5.41) is 6.69. The number of nitrogens with zero attached hydrogens (tertiary/aromatic N) is 2. The first-order chi connectivity index (χ1) is 10.6. The van der Waals surface area contributed by atoms with Gasteiger partial charge in [0.25, 0.3) is 0 Å². The maximum Gasteiger partial charge on any atom is 0.230 e. The predicted molar refractivity (Wildman–Crippen MR) is 84.2 cm³/mol. The van der Waals surface area contributed by atoms with E-state index in [1.807, 2.05) is 25.1 Å². The summed E-state index contributed by atoms with van der Waals surface area (Å²) >= 11 is 0. The quantitative estimate of drug-likeness (QED) is 0.943. The molecule has 1 aliphatic rings. The highest BCUT2D eigenvalue weighted by Gasteiger charge is 2.35. The summed E-state index contributed by atoms with van der Waals surface area (Å²) in [7, 11) is 0. The van der Waals surface area contributed by atoms with Crippen LogP contribution in [0.3, 0.4) is 0 Å². The number of benzene rings is 1. The van der Waals surface area contributed by atoms with Crippen LogP contribution in [0.2, 0.25) is 0 Å². The van der Waals surface area contributed by atoms with Crippen molar-refractivity contribution < 1.29 is 9.32 Å². The van der Waals surface area contributed by atoms with E-state index in [0.717, 1.165) is 25.2 Å². The van der Waals surface area contributed by atoms with Crippen LogP contribution >= 0.6 is 0 Å². The van der Waals surface area contributed by atoms with Crippen LogP contribution in [-0.4, -0.2) is 29.1 Å². The fourth-order valence-electron chi connectivity index (χ4n) is 3.00. The van der Waals surface area contributed by atoms with Gasteiger partial charge in [-0.2, -0.15) is 0 Å². The first-order valence-corrected chi connectivity index (χ1v) is 7.61. The average molecular weight is 299 g/mol. The Hall–Kier alpha value is -2.14. The molecule has 2 atom stereocenters.